The average Bonchev–Trinajstić information content (AvgIpc) is 2.42. The molecular formula is C14H18ClNO5. The number of hydrogen-bond acceptors (Lipinski definition) is 5. The number of esters is 1. The molecule has 1 aromatic carbocycles. The molecule has 0 atom stereocenters. The molecule has 1 rings (SSSR count). The van der Waals surface area contributed by atoms with Gasteiger partial charge in [-0.3, -0.25) is 14.9 Å². The summed E-state index contributed by atoms with van der Waals surface area (Å²) in [7, 11) is 0. The van der Waals surface area contributed by atoms with Gasteiger partial charge in [-0.05, 0) is 32.3 Å². The molecule has 0 saturated carbocycles. The quantitative estimate of drug-likeness (QED) is 0.300. The highest BCUT2D eigenvalue weighted by atomic mass is 35.5. The van der Waals surface area contributed by atoms with Crippen LogP contribution >= 0.6 is 11.6 Å². The molecule has 6 nitrogen and oxygen atoms in total. The number of benzene rings is 1. The fourth-order valence-corrected chi connectivity index (χ4v) is 1.94. The first-order chi connectivity index (χ1) is 10.0. The maximum atomic E-state index is 11.1. The van der Waals surface area contributed by atoms with E-state index in [2.05, 4.69) is 0 Å². The van der Waals surface area contributed by atoms with Crippen LogP contribution in [0.25, 0.3) is 0 Å². The lowest BCUT2D eigenvalue weighted by molar-refractivity contribution is -0.384. The average molecular weight is 316 g/mol. The molecule has 0 unspecified atom stereocenters. The highest BCUT2D eigenvalue weighted by Crippen LogP contribution is 2.28. The summed E-state index contributed by atoms with van der Waals surface area (Å²) in [6.07, 6.45) is 2.80. The van der Waals surface area contributed by atoms with E-state index in [4.69, 9.17) is 21.1 Å². The van der Waals surface area contributed by atoms with Gasteiger partial charge in [0.2, 0.25) is 0 Å². The van der Waals surface area contributed by atoms with Crippen LogP contribution in [0.3, 0.4) is 0 Å². The van der Waals surface area contributed by atoms with Crippen molar-refractivity contribution >= 4 is 23.3 Å². The van der Waals surface area contributed by atoms with Gasteiger partial charge in [0.1, 0.15) is 10.8 Å². The van der Waals surface area contributed by atoms with Crippen LogP contribution in [-0.4, -0.2) is 24.1 Å². The Labute approximate surface area is 128 Å². The molecular weight excluding hydrogens is 298 g/mol. The van der Waals surface area contributed by atoms with Crippen molar-refractivity contribution in [1.29, 1.82) is 0 Å². The maximum absolute atomic E-state index is 11.1. The van der Waals surface area contributed by atoms with Crippen molar-refractivity contribution in [3.05, 3.63) is 33.3 Å². The number of unbranched alkanes of at least 4 members (excludes halogenated alkanes) is 2. The highest BCUT2D eigenvalue weighted by molar-refractivity contribution is 6.32. The summed E-state index contributed by atoms with van der Waals surface area (Å²) < 4.78 is 10.3. The molecule has 0 aliphatic carbocycles. The van der Waals surface area contributed by atoms with Gasteiger partial charge in [0.25, 0.3) is 5.69 Å². The minimum Gasteiger partial charge on any atom is -0.494 e. The second kappa shape index (κ2) is 9.18. The molecule has 0 saturated heterocycles. The lowest BCUT2D eigenvalue weighted by atomic mass is 10.2. The number of nitro benzene ring substituents is 1. The van der Waals surface area contributed by atoms with E-state index in [1.54, 1.807) is 6.92 Å². The predicted octanol–water partition coefficient (Wildman–Crippen LogP) is 3.75. The van der Waals surface area contributed by atoms with Crippen molar-refractivity contribution in [3.63, 3.8) is 0 Å². The summed E-state index contributed by atoms with van der Waals surface area (Å²) in [5.41, 5.74) is -0.140. The molecule has 0 N–H and O–H groups in total. The molecule has 0 fully saturated rings. The molecule has 0 aromatic heterocycles. The molecule has 0 radical (unpaired) electrons. The van der Waals surface area contributed by atoms with E-state index in [9.17, 15) is 14.9 Å². The number of nitro groups is 1. The number of hydrogen-bond donors (Lipinski definition) is 0. The van der Waals surface area contributed by atoms with Crippen LogP contribution in [0.4, 0.5) is 5.69 Å². The Morgan fingerprint density at radius 1 is 1.33 bits per heavy atom. The Kier molecular flexibility index (Phi) is 7.53. The van der Waals surface area contributed by atoms with Crippen LogP contribution < -0.4 is 4.74 Å². The fraction of sp³-hybridized carbons (Fsp3) is 0.500. The molecule has 116 valence electrons. The van der Waals surface area contributed by atoms with Crippen LogP contribution in [0.5, 0.6) is 5.75 Å². The van der Waals surface area contributed by atoms with Crippen LogP contribution in [0.2, 0.25) is 5.02 Å². The number of rotatable bonds is 9. The van der Waals surface area contributed by atoms with Gasteiger partial charge >= 0.3 is 5.97 Å². The van der Waals surface area contributed by atoms with Crippen molar-refractivity contribution in [2.45, 2.75) is 32.6 Å². The Hall–Kier alpha value is -1.82. The van der Waals surface area contributed by atoms with E-state index in [0.29, 0.717) is 25.4 Å². The molecule has 0 aliphatic rings. The van der Waals surface area contributed by atoms with Gasteiger partial charge < -0.3 is 9.47 Å². The number of carbonyl (C=O) groups is 1. The van der Waals surface area contributed by atoms with E-state index in [1.807, 2.05) is 0 Å². The van der Waals surface area contributed by atoms with Crippen LogP contribution in [0.15, 0.2) is 18.2 Å². The summed E-state index contributed by atoms with van der Waals surface area (Å²) >= 11 is 5.78. The Morgan fingerprint density at radius 3 is 2.71 bits per heavy atom. The normalized spacial score (nSPS) is 10.2. The van der Waals surface area contributed by atoms with E-state index in [0.717, 1.165) is 19.3 Å². The van der Waals surface area contributed by atoms with Crippen molar-refractivity contribution in [2.75, 3.05) is 13.2 Å². The summed E-state index contributed by atoms with van der Waals surface area (Å²) in [5.74, 6) is 0.316. The molecule has 0 amide bonds. The first-order valence-electron chi connectivity index (χ1n) is 6.77. The van der Waals surface area contributed by atoms with E-state index >= 15 is 0 Å². The zero-order valence-electron chi connectivity index (χ0n) is 11.8. The van der Waals surface area contributed by atoms with Crippen molar-refractivity contribution < 1.29 is 19.2 Å². The Balaban J connectivity index is 2.23. The van der Waals surface area contributed by atoms with Gasteiger partial charge in [-0.1, -0.05) is 11.6 Å². The van der Waals surface area contributed by atoms with Crippen LogP contribution in [0.1, 0.15) is 32.6 Å². The van der Waals surface area contributed by atoms with Crippen molar-refractivity contribution in [3.8, 4) is 5.75 Å². The zero-order valence-corrected chi connectivity index (χ0v) is 12.6. The Bertz CT molecular complexity index is 492. The summed E-state index contributed by atoms with van der Waals surface area (Å²) in [6, 6.07) is 4.26. The predicted molar refractivity (Wildman–Crippen MR) is 78.7 cm³/mol. The second-order valence-corrected chi connectivity index (χ2v) is 4.74. The van der Waals surface area contributed by atoms with Crippen LogP contribution in [-0.2, 0) is 9.53 Å². The second-order valence-electron chi connectivity index (χ2n) is 4.33. The fourth-order valence-electron chi connectivity index (χ4n) is 1.70. The van der Waals surface area contributed by atoms with Crippen LogP contribution in [0, 0.1) is 10.1 Å². The van der Waals surface area contributed by atoms with E-state index < -0.39 is 4.92 Å². The topological polar surface area (TPSA) is 78.7 Å². The Morgan fingerprint density at radius 2 is 2.10 bits per heavy atom. The van der Waals surface area contributed by atoms with Gasteiger partial charge in [0.05, 0.1) is 18.1 Å². The standard InChI is InChI=1S/C14H18ClNO5/c1-2-20-14(17)6-4-3-5-9-21-11-7-8-13(16(18)19)12(15)10-11/h7-8,10H,2-6,9H2,1H3. The number of ether oxygens (including phenoxy) is 2. The number of carbonyl (C=O) groups excluding carboxylic acids is 1. The summed E-state index contributed by atoms with van der Waals surface area (Å²) in [6.45, 7) is 2.65. The third-order valence-corrected chi connectivity index (χ3v) is 3.02. The minimum atomic E-state index is -0.540. The monoisotopic (exact) mass is 315 g/mol. The smallest absolute Gasteiger partial charge is 0.305 e. The molecule has 1 aromatic rings. The highest BCUT2D eigenvalue weighted by Gasteiger charge is 2.12. The first-order valence-corrected chi connectivity index (χ1v) is 7.14. The maximum Gasteiger partial charge on any atom is 0.305 e. The molecule has 0 spiro atoms. The van der Waals surface area contributed by atoms with Crippen molar-refractivity contribution in [2.24, 2.45) is 0 Å². The lowest BCUT2D eigenvalue weighted by Gasteiger charge is -2.06. The van der Waals surface area contributed by atoms with Gasteiger partial charge in [-0.15, -0.1) is 0 Å². The van der Waals surface area contributed by atoms with Gasteiger partial charge in [-0.2, -0.15) is 0 Å². The van der Waals surface area contributed by atoms with E-state index in [1.165, 1.54) is 18.2 Å². The van der Waals surface area contributed by atoms with Gasteiger partial charge in [0.15, 0.2) is 0 Å². The molecule has 7 heteroatoms. The van der Waals surface area contributed by atoms with E-state index in [-0.39, 0.29) is 16.7 Å². The van der Waals surface area contributed by atoms with Gasteiger partial charge in [0, 0.05) is 18.6 Å². The number of halogens is 1. The third kappa shape index (κ3) is 6.44. The zero-order chi connectivity index (χ0) is 15.7. The number of nitrogens with zero attached hydrogens (tertiary/aromatic N) is 1. The summed E-state index contributed by atoms with van der Waals surface area (Å²) in [5, 5.41) is 10.7. The first kappa shape index (κ1) is 17.2. The largest absolute Gasteiger partial charge is 0.494 e. The third-order valence-electron chi connectivity index (χ3n) is 2.72. The minimum absolute atomic E-state index is 0.0554. The lowest BCUT2D eigenvalue weighted by Crippen LogP contribution is -2.04. The van der Waals surface area contributed by atoms with Crippen molar-refractivity contribution in [1.82, 2.24) is 0 Å². The molecule has 21 heavy (non-hydrogen) atoms. The SMILES string of the molecule is CCOC(=O)CCCCCOc1ccc([N+](=O)[O-])c(Cl)c1. The molecule has 0 aliphatic heterocycles. The molecule has 0 heterocycles. The summed E-state index contributed by atoms with van der Waals surface area (Å²) in [4.78, 5) is 21.2. The van der Waals surface area contributed by atoms with Gasteiger partial charge in [-0.25, -0.2) is 0 Å². The molecule has 0 bridgehead atoms.